The van der Waals surface area contributed by atoms with Crippen LogP contribution in [0, 0.1) is 0 Å². The van der Waals surface area contributed by atoms with Crippen molar-refractivity contribution in [3.05, 3.63) is 16.9 Å². The summed E-state index contributed by atoms with van der Waals surface area (Å²) >= 11 is 3.31. The summed E-state index contributed by atoms with van der Waals surface area (Å²) in [7, 11) is 1.58. The zero-order chi connectivity index (χ0) is 8.55. The molecule has 2 heterocycles. The maximum atomic E-state index is 4.95. The summed E-state index contributed by atoms with van der Waals surface area (Å²) in [5, 5.41) is 7.79. The fourth-order valence-corrected chi connectivity index (χ4v) is 1.36. The van der Waals surface area contributed by atoms with E-state index < -0.39 is 0 Å². The summed E-state index contributed by atoms with van der Waals surface area (Å²) in [5.74, 6) is 0.571. The molecule has 0 aromatic carbocycles. The summed E-state index contributed by atoms with van der Waals surface area (Å²) < 4.78 is 5.79. The van der Waals surface area contributed by atoms with Crippen LogP contribution in [0.2, 0.25) is 0 Å². The number of rotatable bonds is 1. The minimum atomic E-state index is 0.571. The Hall–Kier alpha value is -1.10. The lowest BCUT2D eigenvalue weighted by atomic mass is 10.3. The Morgan fingerprint density at radius 3 is 3.17 bits per heavy atom. The third-order valence-corrected chi connectivity index (χ3v) is 2.18. The zero-order valence-corrected chi connectivity index (χ0v) is 7.92. The molecule has 0 saturated carbocycles. The van der Waals surface area contributed by atoms with Crippen LogP contribution in [0.5, 0.6) is 5.88 Å². The maximum absolute atomic E-state index is 4.95. The van der Waals surface area contributed by atoms with Crippen molar-refractivity contribution in [3.8, 4) is 5.88 Å². The molecule has 0 radical (unpaired) electrons. The van der Waals surface area contributed by atoms with E-state index in [1.165, 1.54) is 0 Å². The summed E-state index contributed by atoms with van der Waals surface area (Å²) in [6.07, 6.45) is 1.71. The van der Waals surface area contributed by atoms with E-state index in [9.17, 15) is 0 Å². The van der Waals surface area contributed by atoms with Gasteiger partial charge in [-0.1, -0.05) is 0 Å². The van der Waals surface area contributed by atoms with Gasteiger partial charge in [-0.15, -0.1) is 0 Å². The second-order valence-electron chi connectivity index (χ2n) is 2.28. The van der Waals surface area contributed by atoms with E-state index in [0.717, 1.165) is 15.5 Å². The van der Waals surface area contributed by atoms with Gasteiger partial charge in [0.2, 0.25) is 5.88 Å². The molecular formula is C7H6BrN3O. The second-order valence-corrected chi connectivity index (χ2v) is 3.07. The van der Waals surface area contributed by atoms with Crippen LogP contribution in [-0.4, -0.2) is 22.3 Å². The molecule has 12 heavy (non-hydrogen) atoms. The van der Waals surface area contributed by atoms with E-state index in [2.05, 4.69) is 31.1 Å². The van der Waals surface area contributed by atoms with Gasteiger partial charge in [-0.05, 0) is 15.9 Å². The first-order valence-electron chi connectivity index (χ1n) is 3.35. The Bertz CT molecular complexity index is 412. The largest absolute Gasteiger partial charge is 0.481 e. The monoisotopic (exact) mass is 227 g/mol. The molecule has 2 aromatic rings. The molecule has 0 bridgehead atoms. The fourth-order valence-electron chi connectivity index (χ4n) is 0.969. The van der Waals surface area contributed by atoms with Gasteiger partial charge < -0.3 is 4.74 Å². The first kappa shape index (κ1) is 7.54. The van der Waals surface area contributed by atoms with E-state index in [0.29, 0.717) is 5.88 Å². The summed E-state index contributed by atoms with van der Waals surface area (Å²) in [5.41, 5.74) is 0.841. The standard InChI is InChI=1S/C7H6BrN3O/c1-12-6-2-5-4(3-9-6)7(8)11-10-5/h2-3H,1H3,(H,10,11). The predicted molar refractivity (Wildman–Crippen MR) is 48.1 cm³/mol. The van der Waals surface area contributed by atoms with Gasteiger partial charge in [-0.2, -0.15) is 5.10 Å². The van der Waals surface area contributed by atoms with Crippen molar-refractivity contribution in [2.75, 3.05) is 7.11 Å². The van der Waals surface area contributed by atoms with Crippen LogP contribution in [0.4, 0.5) is 0 Å². The molecule has 0 aliphatic heterocycles. The Balaban J connectivity index is 2.69. The van der Waals surface area contributed by atoms with Crippen LogP contribution < -0.4 is 4.74 Å². The van der Waals surface area contributed by atoms with Crippen LogP contribution in [0.15, 0.2) is 16.9 Å². The molecule has 0 amide bonds. The van der Waals surface area contributed by atoms with Crippen LogP contribution >= 0.6 is 15.9 Å². The second kappa shape index (κ2) is 2.75. The Labute approximate surface area is 77.1 Å². The number of hydrogen-bond acceptors (Lipinski definition) is 3. The van der Waals surface area contributed by atoms with Gasteiger partial charge in [0.25, 0.3) is 0 Å². The average Bonchev–Trinajstić information content (AvgIpc) is 2.47. The van der Waals surface area contributed by atoms with E-state index in [-0.39, 0.29) is 0 Å². The Morgan fingerprint density at radius 1 is 1.58 bits per heavy atom. The quantitative estimate of drug-likeness (QED) is 0.808. The van der Waals surface area contributed by atoms with E-state index in [1.54, 1.807) is 19.4 Å². The normalized spacial score (nSPS) is 10.5. The van der Waals surface area contributed by atoms with Crippen LogP contribution in [-0.2, 0) is 0 Å². The highest BCUT2D eigenvalue weighted by atomic mass is 79.9. The molecule has 0 saturated heterocycles. The highest BCUT2D eigenvalue weighted by Gasteiger charge is 2.03. The van der Waals surface area contributed by atoms with Gasteiger partial charge in [0.1, 0.15) is 10.1 Å². The van der Waals surface area contributed by atoms with Crippen molar-refractivity contribution < 1.29 is 4.74 Å². The predicted octanol–water partition coefficient (Wildman–Crippen LogP) is 1.73. The van der Waals surface area contributed by atoms with E-state index in [1.807, 2.05) is 0 Å². The van der Waals surface area contributed by atoms with Gasteiger partial charge in [0.15, 0.2) is 0 Å². The highest BCUT2D eigenvalue weighted by Crippen LogP contribution is 2.22. The number of hydrogen-bond donors (Lipinski definition) is 1. The van der Waals surface area contributed by atoms with Crippen molar-refractivity contribution in [1.82, 2.24) is 15.2 Å². The third-order valence-electron chi connectivity index (χ3n) is 1.58. The van der Waals surface area contributed by atoms with Gasteiger partial charge in [-0.3, -0.25) is 5.10 Å². The number of ether oxygens (including phenoxy) is 1. The molecule has 2 rings (SSSR count). The lowest BCUT2D eigenvalue weighted by Crippen LogP contribution is -1.85. The molecule has 0 spiro atoms. The summed E-state index contributed by atoms with van der Waals surface area (Å²) in [6.45, 7) is 0. The smallest absolute Gasteiger partial charge is 0.215 e. The average molecular weight is 228 g/mol. The lowest BCUT2D eigenvalue weighted by Gasteiger charge is -1.95. The molecule has 1 N–H and O–H groups in total. The Kier molecular flexibility index (Phi) is 1.73. The van der Waals surface area contributed by atoms with Crippen molar-refractivity contribution in [3.63, 3.8) is 0 Å². The van der Waals surface area contributed by atoms with Gasteiger partial charge in [-0.25, -0.2) is 4.98 Å². The molecular weight excluding hydrogens is 222 g/mol. The lowest BCUT2D eigenvalue weighted by molar-refractivity contribution is 0.398. The number of pyridine rings is 1. The SMILES string of the molecule is COc1cc2n[nH]c(Br)c2cn1. The molecule has 5 heteroatoms. The van der Waals surface area contributed by atoms with Crippen molar-refractivity contribution in [2.24, 2.45) is 0 Å². The number of aromatic nitrogens is 3. The first-order chi connectivity index (χ1) is 5.81. The fraction of sp³-hybridized carbons (Fsp3) is 0.143. The van der Waals surface area contributed by atoms with Gasteiger partial charge in [0, 0.05) is 12.3 Å². The number of nitrogens with zero attached hydrogens (tertiary/aromatic N) is 2. The van der Waals surface area contributed by atoms with Crippen LogP contribution in [0.3, 0.4) is 0 Å². The number of halogens is 1. The molecule has 0 aliphatic carbocycles. The number of methoxy groups -OCH3 is 1. The number of nitrogens with one attached hydrogen (secondary N) is 1. The number of fused-ring (bicyclic) bond motifs is 1. The summed E-state index contributed by atoms with van der Waals surface area (Å²) in [4.78, 5) is 4.05. The Morgan fingerprint density at radius 2 is 2.42 bits per heavy atom. The molecule has 4 nitrogen and oxygen atoms in total. The van der Waals surface area contributed by atoms with Crippen LogP contribution in [0.25, 0.3) is 10.9 Å². The molecule has 0 unspecified atom stereocenters. The minimum Gasteiger partial charge on any atom is -0.481 e. The zero-order valence-electron chi connectivity index (χ0n) is 6.34. The van der Waals surface area contributed by atoms with E-state index in [4.69, 9.17) is 4.74 Å². The van der Waals surface area contributed by atoms with Crippen molar-refractivity contribution in [2.45, 2.75) is 0 Å². The van der Waals surface area contributed by atoms with Crippen molar-refractivity contribution >= 4 is 26.8 Å². The highest BCUT2D eigenvalue weighted by molar-refractivity contribution is 9.10. The van der Waals surface area contributed by atoms with Crippen molar-refractivity contribution in [1.29, 1.82) is 0 Å². The number of aromatic amines is 1. The summed E-state index contributed by atoms with van der Waals surface area (Å²) in [6, 6.07) is 1.77. The number of H-pyrrole nitrogens is 1. The topological polar surface area (TPSA) is 50.8 Å². The molecule has 62 valence electrons. The molecule has 2 aromatic heterocycles. The van der Waals surface area contributed by atoms with Crippen LogP contribution in [0.1, 0.15) is 0 Å². The van der Waals surface area contributed by atoms with Gasteiger partial charge >= 0.3 is 0 Å². The molecule has 0 aliphatic rings. The third kappa shape index (κ3) is 1.06. The van der Waals surface area contributed by atoms with E-state index >= 15 is 0 Å². The maximum Gasteiger partial charge on any atom is 0.215 e. The van der Waals surface area contributed by atoms with Gasteiger partial charge in [0.05, 0.1) is 12.5 Å². The molecule has 0 fully saturated rings. The minimum absolute atomic E-state index is 0.571. The first-order valence-corrected chi connectivity index (χ1v) is 4.14. The molecule has 0 atom stereocenters.